The molecule has 0 aliphatic heterocycles. The summed E-state index contributed by atoms with van der Waals surface area (Å²) in [6.45, 7) is 2.44. The third-order valence-electron chi connectivity index (χ3n) is 7.60. The second-order valence-corrected chi connectivity index (χ2v) is 11.1. The number of imidazole rings is 1. The van der Waals surface area contributed by atoms with Gasteiger partial charge in [-0.2, -0.15) is 0 Å². The van der Waals surface area contributed by atoms with Gasteiger partial charge in [-0.3, -0.25) is 4.90 Å². The summed E-state index contributed by atoms with van der Waals surface area (Å²) in [4.78, 5) is 7.52. The molecule has 5 heteroatoms. The van der Waals surface area contributed by atoms with Crippen LogP contribution in [0, 0.1) is 0 Å². The first-order valence-electron chi connectivity index (χ1n) is 13.4. The van der Waals surface area contributed by atoms with E-state index < -0.39 is 0 Å². The molecule has 0 saturated carbocycles. The van der Waals surface area contributed by atoms with Crippen LogP contribution in [0.3, 0.4) is 0 Å². The van der Waals surface area contributed by atoms with Crippen LogP contribution in [0.1, 0.15) is 34.0 Å². The summed E-state index contributed by atoms with van der Waals surface area (Å²) in [7, 11) is 1.71. The minimum Gasteiger partial charge on any atom is -0.497 e. The molecule has 0 N–H and O–H groups in total. The molecule has 1 heterocycles. The summed E-state index contributed by atoms with van der Waals surface area (Å²) in [5.74, 6) is 1.93. The molecule has 4 nitrogen and oxygen atoms in total. The molecule has 0 spiro atoms. The lowest BCUT2D eigenvalue weighted by atomic mass is 10.1. The highest BCUT2D eigenvalue weighted by Crippen LogP contribution is 2.35. The maximum atomic E-state index is 5.39. The summed E-state index contributed by atoms with van der Waals surface area (Å²) in [6.07, 6.45) is 4.15. The highest BCUT2D eigenvalue weighted by Gasteiger charge is 2.27. The van der Waals surface area contributed by atoms with E-state index >= 15 is 0 Å². The number of hydrogen-bond acceptors (Lipinski definition) is 3. The minimum atomic E-state index is 0.349. The Morgan fingerprint density at radius 3 is 2.15 bits per heavy atom. The van der Waals surface area contributed by atoms with Crippen molar-refractivity contribution in [2.45, 2.75) is 38.5 Å². The number of rotatable bonds is 9. The summed E-state index contributed by atoms with van der Waals surface area (Å²) in [6, 6.07) is 36.7. The highest BCUT2D eigenvalue weighted by atomic mass is 79.9. The molecule has 196 valence electrons. The Balaban J connectivity index is 1.36. The fourth-order valence-electron chi connectivity index (χ4n) is 5.69. The van der Waals surface area contributed by atoms with E-state index in [0.29, 0.717) is 6.04 Å². The minimum absolute atomic E-state index is 0.349. The number of methoxy groups -OCH3 is 1. The number of hydrogen-bond donors (Lipinski definition) is 0. The zero-order chi connectivity index (χ0) is 26.6. The van der Waals surface area contributed by atoms with Crippen molar-refractivity contribution in [3.63, 3.8) is 0 Å². The summed E-state index contributed by atoms with van der Waals surface area (Å²) >= 11 is 3.77. The Morgan fingerprint density at radius 1 is 0.795 bits per heavy atom. The van der Waals surface area contributed by atoms with Gasteiger partial charge in [0, 0.05) is 35.7 Å². The zero-order valence-corrected chi connectivity index (χ0v) is 23.7. The molecule has 1 aliphatic rings. The predicted octanol–water partition coefficient (Wildman–Crippen LogP) is 7.86. The lowest BCUT2D eigenvalue weighted by molar-refractivity contribution is 0.238. The van der Waals surface area contributed by atoms with Crippen LogP contribution in [0.4, 0.5) is 0 Å². The first-order valence-corrected chi connectivity index (χ1v) is 14.2. The van der Waals surface area contributed by atoms with Crippen molar-refractivity contribution < 1.29 is 4.74 Å². The zero-order valence-electron chi connectivity index (χ0n) is 22.1. The number of benzene rings is 4. The average molecular weight is 579 g/mol. The Hall–Kier alpha value is -3.67. The van der Waals surface area contributed by atoms with Crippen LogP contribution in [0.25, 0.3) is 11.4 Å². The van der Waals surface area contributed by atoms with Gasteiger partial charge >= 0.3 is 0 Å². The number of ether oxygens (including phenoxy) is 1. The quantitative estimate of drug-likeness (QED) is 0.178. The lowest BCUT2D eigenvalue weighted by Crippen LogP contribution is -2.25. The van der Waals surface area contributed by atoms with Crippen molar-refractivity contribution in [2.24, 2.45) is 0 Å². The Bertz CT molecular complexity index is 1520. The third kappa shape index (κ3) is 5.70. The molecule has 4 aromatic carbocycles. The predicted molar refractivity (Wildman–Crippen MR) is 161 cm³/mol. The molecule has 0 radical (unpaired) electrons. The molecule has 0 unspecified atom stereocenters. The maximum Gasteiger partial charge on any atom is 0.140 e. The van der Waals surface area contributed by atoms with E-state index in [4.69, 9.17) is 9.72 Å². The van der Waals surface area contributed by atoms with Gasteiger partial charge in [0.15, 0.2) is 0 Å². The van der Waals surface area contributed by atoms with Gasteiger partial charge in [0.1, 0.15) is 11.6 Å². The Morgan fingerprint density at radius 2 is 1.46 bits per heavy atom. The van der Waals surface area contributed by atoms with Crippen LogP contribution in [0.5, 0.6) is 5.75 Å². The second-order valence-electron chi connectivity index (χ2n) is 10.2. The first kappa shape index (κ1) is 25.6. The van der Waals surface area contributed by atoms with E-state index in [1.807, 2.05) is 12.1 Å². The van der Waals surface area contributed by atoms with Gasteiger partial charge in [-0.1, -0.05) is 101 Å². The molecule has 0 saturated heterocycles. The monoisotopic (exact) mass is 577 g/mol. The van der Waals surface area contributed by atoms with Crippen LogP contribution in [0.2, 0.25) is 0 Å². The van der Waals surface area contributed by atoms with Crippen LogP contribution < -0.4 is 4.74 Å². The van der Waals surface area contributed by atoms with Crippen LogP contribution in [0.15, 0.2) is 114 Å². The van der Waals surface area contributed by atoms with Crippen molar-refractivity contribution >= 4 is 15.9 Å². The molecule has 0 fully saturated rings. The normalized spacial score (nSPS) is 13.1. The van der Waals surface area contributed by atoms with E-state index in [0.717, 1.165) is 54.1 Å². The fraction of sp³-hybridized carbons (Fsp3) is 0.206. The van der Waals surface area contributed by atoms with Gasteiger partial charge in [0.05, 0.1) is 19.0 Å². The summed E-state index contributed by atoms with van der Waals surface area (Å²) < 4.78 is 9.04. The molecule has 0 atom stereocenters. The van der Waals surface area contributed by atoms with E-state index in [2.05, 4.69) is 123 Å². The van der Waals surface area contributed by atoms with Gasteiger partial charge in [-0.25, -0.2) is 4.98 Å². The third-order valence-corrected chi connectivity index (χ3v) is 8.38. The van der Waals surface area contributed by atoms with Crippen molar-refractivity contribution in [3.8, 4) is 17.1 Å². The molecular weight excluding hydrogens is 546 g/mol. The summed E-state index contributed by atoms with van der Waals surface area (Å²) in [5, 5.41) is 0. The molecule has 0 bridgehead atoms. The van der Waals surface area contributed by atoms with Crippen molar-refractivity contribution in [2.75, 3.05) is 7.11 Å². The van der Waals surface area contributed by atoms with Crippen LogP contribution in [-0.4, -0.2) is 21.6 Å². The SMILES string of the molecule is COc1ccc(CN(Cc2ccccc2Br)Cc2cnc(-c3ccccc3)n2C2Cc3ccccc3C2)cc1. The van der Waals surface area contributed by atoms with Crippen molar-refractivity contribution in [1.29, 1.82) is 0 Å². The fourth-order valence-corrected chi connectivity index (χ4v) is 6.10. The molecule has 1 aromatic heterocycles. The molecule has 1 aliphatic carbocycles. The second kappa shape index (κ2) is 11.6. The van der Waals surface area contributed by atoms with Gasteiger partial charge in [-0.05, 0) is 53.3 Å². The first-order chi connectivity index (χ1) is 19.2. The van der Waals surface area contributed by atoms with Gasteiger partial charge in [0.25, 0.3) is 0 Å². The van der Waals surface area contributed by atoms with Crippen molar-refractivity contribution in [1.82, 2.24) is 14.5 Å². The van der Waals surface area contributed by atoms with Crippen molar-refractivity contribution in [3.05, 3.63) is 142 Å². The number of fused-ring (bicyclic) bond motifs is 1. The van der Waals surface area contributed by atoms with Crippen LogP contribution >= 0.6 is 15.9 Å². The standard InChI is InChI=1S/C34H32BrN3O/c1-39-32-17-15-25(16-18-32)22-37(23-29-13-7-8-14-33(29)35)24-31-21-36-34(26-9-3-2-4-10-26)38(31)30-19-27-11-5-6-12-28(27)20-30/h2-18,21,30H,19-20,22-24H2,1H3. The molecule has 39 heavy (non-hydrogen) atoms. The largest absolute Gasteiger partial charge is 0.497 e. The molecule has 5 aromatic rings. The number of aromatic nitrogens is 2. The Labute approximate surface area is 239 Å². The van der Waals surface area contributed by atoms with E-state index in [-0.39, 0.29) is 0 Å². The van der Waals surface area contributed by atoms with E-state index in [9.17, 15) is 0 Å². The van der Waals surface area contributed by atoms with E-state index in [1.54, 1.807) is 7.11 Å². The topological polar surface area (TPSA) is 30.3 Å². The molecule has 6 rings (SSSR count). The molecular formula is C34H32BrN3O. The lowest BCUT2D eigenvalue weighted by Gasteiger charge is -2.26. The Kier molecular flexibility index (Phi) is 7.62. The van der Waals surface area contributed by atoms with E-state index in [1.165, 1.54) is 27.9 Å². The molecule has 0 amide bonds. The van der Waals surface area contributed by atoms with Gasteiger partial charge in [0.2, 0.25) is 0 Å². The van der Waals surface area contributed by atoms with Gasteiger partial charge in [-0.15, -0.1) is 0 Å². The van der Waals surface area contributed by atoms with Gasteiger partial charge < -0.3 is 9.30 Å². The maximum absolute atomic E-state index is 5.39. The average Bonchev–Trinajstić information content (AvgIpc) is 3.59. The smallest absolute Gasteiger partial charge is 0.140 e. The summed E-state index contributed by atoms with van der Waals surface area (Å²) in [5.41, 5.74) is 7.83. The number of halogens is 1. The van der Waals surface area contributed by atoms with Crippen LogP contribution in [-0.2, 0) is 32.5 Å². The highest BCUT2D eigenvalue weighted by molar-refractivity contribution is 9.10. The number of nitrogens with zero attached hydrogens (tertiary/aromatic N) is 3.